The highest BCUT2D eigenvalue weighted by Crippen LogP contribution is 2.42. The maximum absolute atomic E-state index is 12.3. The highest BCUT2D eigenvalue weighted by Gasteiger charge is 2.48. The number of halogens is 2. The molecule has 1 fully saturated rings. The number of rotatable bonds is 3. The van der Waals surface area contributed by atoms with Gasteiger partial charge in [0.25, 0.3) is 0 Å². The van der Waals surface area contributed by atoms with E-state index in [-0.39, 0.29) is 11.7 Å². The number of nitrogens with two attached hydrogens (primary N) is 1. The molecule has 4 N–H and O–H groups in total. The molecule has 1 aliphatic rings. The van der Waals surface area contributed by atoms with Gasteiger partial charge in [0, 0.05) is 8.95 Å². The highest BCUT2D eigenvalue weighted by atomic mass is 79.9. The van der Waals surface area contributed by atoms with Crippen LogP contribution in [0.4, 0.5) is 5.69 Å². The Hall–Kier alpha value is -1.08. The SMILES string of the molecule is N/C(=N/O)C1(C(=O)Nc2ccc(Br)cc2Br)CCC1. The van der Waals surface area contributed by atoms with Crippen molar-refractivity contribution in [2.24, 2.45) is 16.3 Å². The number of carbonyl (C=O) groups excluding carboxylic acids is 1. The fourth-order valence-corrected chi connectivity index (χ4v) is 3.20. The van der Waals surface area contributed by atoms with Crippen molar-refractivity contribution in [3.8, 4) is 0 Å². The van der Waals surface area contributed by atoms with Gasteiger partial charge in [0.1, 0.15) is 5.41 Å². The van der Waals surface area contributed by atoms with Crippen molar-refractivity contribution in [1.82, 2.24) is 0 Å². The van der Waals surface area contributed by atoms with E-state index in [1.807, 2.05) is 12.1 Å². The number of nitrogens with zero attached hydrogens (tertiary/aromatic N) is 1. The predicted octanol–water partition coefficient (Wildman–Crippen LogP) is 3.07. The average Bonchev–Trinajstić information content (AvgIpc) is 2.31. The van der Waals surface area contributed by atoms with Crippen molar-refractivity contribution in [2.45, 2.75) is 19.3 Å². The van der Waals surface area contributed by atoms with Gasteiger partial charge in [-0.15, -0.1) is 0 Å². The van der Waals surface area contributed by atoms with Crippen LogP contribution in [0.25, 0.3) is 0 Å². The number of amidine groups is 1. The van der Waals surface area contributed by atoms with Crippen LogP contribution < -0.4 is 11.1 Å². The van der Waals surface area contributed by atoms with Gasteiger partial charge in [-0.05, 0) is 47.0 Å². The van der Waals surface area contributed by atoms with Gasteiger partial charge in [0.15, 0.2) is 5.84 Å². The Morgan fingerprint density at radius 2 is 2.11 bits per heavy atom. The summed E-state index contributed by atoms with van der Waals surface area (Å²) in [6.07, 6.45) is 2.09. The predicted molar refractivity (Wildman–Crippen MR) is 80.2 cm³/mol. The van der Waals surface area contributed by atoms with Crippen molar-refractivity contribution >= 4 is 49.3 Å². The van der Waals surface area contributed by atoms with Crippen LogP contribution in [-0.2, 0) is 4.79 Å². The lowest BCUT2D eigenvalue weighted by atomic mass is 9.67. The minimum atomic E-state index is -0.874. The number of hydrogen-bond donors (Lipinski definition) is 3. The van der Waals surface area contributed by atoms with Crippen LogP contribution in [0.2, 0.25) is 0 Å². The molecule has 0 unspecified atom stereocenters. The molecule has 0 radical (unpaired) electrons. The summed E-state index contributed by atoms with van der Waals surface area (Å²) in [5, 5.41) is 14.6. The molecule has 0 spiro atoms. The third-order valence-corrected chi connectivity index (χ3v) is 4.57. The Kier molecular flexibility index (Phi) is 4.15. The van der Waals surface area contributed by atoms with Gasteiger partial charge in [-0.25, -0.2) is 0 Å². The van der Waals surface area contributed by atoms with E-state index in [4.69, 9.17) is 10.9 Å². The summed E-state index contributed by atoms with van der Waals surface area (Å²) in [4.78, 5) is 12.3. The summed E-state index contributed by atoms with van der Waals surface area (Å²) in [7, 11) is 0. The number of nitrogens with one attached hydrogen (secondary N) is 1. The van der Waals surface area contributed by atoms with Gasteiger partial charge in [-0.2, -0.15) is 0 Å². The summed E-state index contributed by atoms with van der Waals surface area (Å²) in [5.74, 6) is -0.262. The Balaban J connectivity index is 2.21. The molecule has 1 amide bonds. The third kappa shape index (κ3) is 2.62. The van der Waals surface area contributed by atoms with Crippen LogP contribution in [0.1, 0.15) is 19.3 Å². The second-order valence-electron chi connectivity index (χ2n) is 4.50. The zero-order chi connectivity index (χ0) is 14.0. The fraction of sp³-hybridized carbons (Fsp3) is 0.333. The number of oxime groups is 1. The van der Waals surface area contributed by atoms with E-state index < -0.39 is 5.41 Å². The van der Waals surface area contributed by atoms with Crippen molar-refractivity contribution in [1.29, 1.82) is 0 Å². The lowest BCUT2D eigenvalue weighted by Gasteiger charge is -2.38. The lowest BCUT2D eigenvalue weighted by Crippen LogP contribution is -2.51. The van der Waals surface area contributed by atoms with Crippen molar-refractivity contribution in [2.75, 3.05) is 5.32 Å². The van der Waals surface area contributed by atoms with Gasteiger partial charge >= 0.3 is 0 Å². The molecule has 2 rings (SSSR count). The van der Waals surface area contributed by atoms with E-state index in [9.17, 15) is 4.79 Å². The quantitative estimate of drug-likeness (QED) is 0.320. The van der Waals surface area contributed by atoms with Gasteiger partial charge in [-0.1, -0.05) is 27.5 Å². The first-order valence-electron chi connectivity index (χ1n) is 5.74. The highest BCUT2D eigenvalue weighted by molar-refractivity contribution is 9.11. The average molecular weight is 391 g/mol. The Bertz CT molecular complexity index is 542. The summed E-state index contributed by atoms with van der Waals surface area (Å²) in [6, 6.07) is 5.45. The van der Waals surface area contributed by atoms with Gasteiger partial charge in [0.05, 0.1) is 5.69 Å². The molecule has 1 aromatic rings. The monoisotopic (exact) mass is 389 g/mol. The summed E-state index contributed by atoms with van der Waals surface area (Å²) in [5.41, 5.74) is 5.43. The Morgan fingerprint density at radius 1 is 1.42 bits per heavy atom. The topological polar surface area (TPSA) is 87.7 Å². The zero-order valence-electron chi connectivity index (χ0n) is 9.99. The fourth-order valence-electron chi connectivity index (χ4n) is 2.06. The van der Waals surface area contributed by atoms with Crippen molar-refractivity contribution < 1.29 is 10.0 Å². The van der Waals surface area contributed by atoms with Crippen molar-refractivity contribution in [3.05, 3.63) is 27.1 Å². The van der Waals surface area contributed by atoms with Crippen molar-refractivity contribution in [3.63, 3.8) is 0 Å². The molecule has 0 saturated heterocycles. The van der Waals surface area contributed by atoms with E-state index in [1.54, 1.807) is 6.07 Å². The normalized spacial score (nSPS) is 17.7. The van der Waals surface area contributed by atoms with Gasteiger partial charge in [-0.3, -0.25) is 4.79 Å². The molecule has 19 heavy (non-hydrogen) atoms. The maximum atomic E-state index is 12.3. The molecule has 5 nitrogen and oxygen atoms in total. The third-order valence-electron chi connectivity index (χ3n) is 3.42. The first kappa shape index (κ1) is 14.3. The summed E-state index contributed by atoms with van der Waals surface area (Å²) < 4.78 is 1.68. The number of anilines is 1. The minimum absolute atomic E-state index is 0.0236. The molecule has 1 aliphatic carbocycles. The second-order valence-corrected chi connectivity index (χ2v) is 6.27. The lowest BCUT2D eigenvalue weighted by molar-refractivity contribution is -0.125. The summed E-state index contributed by atoms with van der Waals surface area (Å²) >= 11 is 6.73. The molecular weight excluding hydrogens is 378 g/mol. The molecule has 0 heterocycles. The standard InChI is InChI=1S/C12H13Br2N3O2/c13-7-2-3-9(8(14)6-7)16-11(18)12(4-1-5-12)10(15)17-19/h2-3,6,19H,1,4-5H2,(H2,15,17)(H,16,18). The summed E-state index contributed by atoms with van der Waals surface area (Å²) in [6.45, 7) is 0. The Labute approximate surface area is 127 Å². The molecule has 0 aliphatic heterocycles. The van der Waals surface area contributed by atoms with E-state index in [0.717, 1.165) is 15.4 Å². The molecule has 102 valence electrons. The van der Waals surface area contributed by atoms with Crippen LogP contribution in [-0.4, -0.2) is 17.0 Å². The number of carbonyl (C=O) groups is 1. The molecule has 7 heteroatoms. The van der Waals surface area contributed by atoms with Crippen LogP contribution in [0.5, 0.6) is 0 Å². The molecule has 0 atom stereocenters. The van der Waals surface area contributed by atoms with Gasteiger partial charge in [0.2, 0.25) is 5.91 Å². The first-order chi connectivity index (χ1) is 8.99. The molecular formula is C12H13Br2N3O2. The number of benzene rings is 1. The van der Waals surface area contributed by atoms with Crippen LogP contribution in [0.3, 0.4) is 0 Å². The first-order valence-corrected chi connectivity index (χ1v) is 7.33. The number of hydrogen-bond acceptors (Lipinski definition) is 3. The largest absolute Gasteiger partial charge is 0.409 e. The smallest absolute Gasteiger partial charge is 0.238 e. The maximum Gasteiger partial charge on any atom is 0.238 e. The van der Waals surface area contributed by atoms with Crippen LogP contribution in [0.15, 0.2) is 32.3 Å². The number of amides is 1. The van der Waals surface area contributed by atoms with Gasteiger partial charge < -0.3 is 16.3 Å². The molecule has 0 bridgehead atoms. The molecule has 1 saturated carbocycles. The van der Waals surface area contributed by atoms with Crippen LogP contribution in [0, 0.1) is 5.41 Å². The second kappa shape index (κ2) is 5.50. The molecule has 1 aromatic carbocycles. The van der Waals surface area contributed by atoms with E-state index >= 15 is 0 Å². The van der Waals surface area contributed by atoms with Crippen LogP contribution >= 0.6 is 31.9 Å². The van der Waals surface area contributed by atoms with E-state index in [1.165, 1.54) is 0 Å². The minimum Gasteiger partial charge on any atom is -0.409 e. The zero-order valence-corrected chi connectivity index (χ0v) is 13.2. The Morgan fingerprint density at radius 3 is 2.58 bits per heavy atom. The van der Waals surface area contributed by atoms with E-state index in [0.29, 0.717) is 18.5 Å². The molecule has 0 aromatic heterocycles. The van der Waals surface area contributed by atoms with E-state index in [2.05, 4.69) is 42.3 Å².